The van der Waals surface area contributed by atoms with Crippen molar-refractivity contribution in [1.29, 1.82) is 0 Å². The molecule has 204 valence electrons. The van der Waals surface area contributed by atoms with Crippen molar-refractivity contribution in [3.05, 3.63) is 108 Å². The number of hydrogen-bond donors (Lipinski definition) is 0. The van der Waals surface area contributed by atoms with Crippen molar-refractivity contribution in [2.45, 2.75) is 31.7 Å². The van der Waals surface area contributed by atoms with Gasteiger partial charge in [-0.05, 0) is 53.5 Å². The molecule has 39 heavy (non-hydrogen) atoms. The number of carbonyl (C=O) groups is 2. The molecule has 8 heteroatoms. The zero-order chi connectivity index (χ0) is 27.9. The molecule has 7 nitrogen and oxygen atoms in total. The number of β-lactam (4-membered cyclic amide) rings is 1. The van der Waals surface area contributed by atoms with Crippen LogP contribution in [0.2, 0.25) is 0 Å². The molecule has 1 aliphatic heterocycles. The van der Waals surface area contributed by atoms with Gasteiger partial charge in [-0.25, -0.2) is 4.79 Å². The normalized spacial score (nSPS) is 17.3. The van der Waals surface area contributed by atoms with E-state index < -0.39 is 18.2 Å². The number of amides is 1. The molecule has 1 unspecified atom stereocenters. The second-order valence-electron chi connectivity index (χ2n) is 9.30. The van der Waals surface area contributed by atoms with Crippen LogP contribution in [0.15, 0.2) is 91.0 Å². The van der Waals surface area contributed by atoms with Gasteiger partial charge in [0.1, 0.15) is 24.2 Å². The maximum atomic E-state index is 13.8. The third-order valence-corrected chi connectivity index (χ3v) is 7.88. The van der Waals surface area contributed by atoms with E-state index in [1.165, 1.54) is 0 Å². The van der Waals surface area contributed by atoms with Crippen LogP contribution in [0.5, 0.6) is 11.5 Å². The molecule has 1 saturated heterocycles. The van der Waals surface area contributed by atoms with Gasteiger partial charge in [0.05, 0.1) is 32.2 Å². The Balaban J connectivity index is 1.59. The predicted octanol–water partition coefficient (Wildman–Crippen LogP) is 6.35. The quantitative estimate of drug-likeness (QED) is 0.0799. The molecule has 4 rings (SSSR count). The van der Waals surface area contributed by atoms with Gasteiger partial charge in [-0.1, -0.05) is 83.8 Å². The molecule has 0 aliphatic carbocycles. The standard InChI is InChI=1S/C31H32INO6/c1-20(18-32)28-27(21(2)39-31(35)38-19-22-8-6-5-7-9-22)30(34)33(28)29(23-10-14-25(36-3)15-11-23)24-12-16-26(37-4)17-13-24/h5-17,21,27-29H,1,18-19H2,2-4H3/t21?,27-,28-/m1/s1. The number of alkyl halides is 1. The number of halogens is 1. The van der Waals surface area contributed by atoms with Crippen molar-refractivity contribution in [2.24, 2.45) is 5.92 Å². The van der Waals surface area contributed by atoms with Crippen molar-refractivity contribution >= 4 is 34.7 Å². The van der Waals surface area contributed by atoms with Crippen LogP contribution >= 0.6 is 22.6 Å². The van der Waals surface area contributed by atoms with Crippen LogP contribution in [-0.2, 0) is 20.9 Å². The van der Waals surface area contributed by atoms with E-state index in [0.717, 1.165) is 33.8 Å². The Kier molecular flexibility index (Phi) is 9.50. The van der Waals surface area contributed by atoms with Crippen molar-refractivity contribution in [2.75, 3.05) is 18.6 Å². The lowest BCUT2D eigenvalue weighted by atomic mass is 9.76. The lowest BCUT2D eigenvalue weighted by Gasteiger charge is -2.53. The topological polar surface area (TPSA) is 74.3 Å². The second-order valence-corrected chi connectivity index (χ2v) is 10.1. The third-order valence-electron chi connectivity index (χ3n) is 6.90. The number of methoxy groups -OCH3 is 2. The minimum absolute atomic E-state index is 0.0953. The van der Waals surface area contributed by atoms with Crippen molar-refractivity contribution in [1.82, 2.24) is 4.90 Å². The fourth-order valence-electron chi connectivity index (χ4n) is 4.87. The molecule has 1 heterocycles. The van der Waals surface area contributed by atoms with Crippen LogP contribution in [0.3, 0.4) is 0 Å². The number of carbonyl (C=O) groups excluding carboxylic acids is 2. The molecule has 3 aromatic rings. The molecule has 0 bridgehead atoms. The van der Waals surface area contributed by atoms with Crippen molar-refractivity contribution < 1.29 is 28.5 Å². The van der Waals surface area contributed by atoms with Gasteiger partial charge in [0.15, 0.2) is 0 Å². The fourth-order valence-corrected chi connectivity index (χ4v) is 5.32. The zero-order valence-electron chi connectivity index (χ0n) is 22.2. The van der Waals surface area contributed by atoms with Gasteiger partial charge in [-0.3, -0.25) is 4.79 Å². The molecule has 0 saturated carbocycles. The van der Waals surface area contributed by atoms with Gasteiger partial charge in [-0.2, -0.15) is 0 Å². The highest BCUT2D eigenvalue weighted by Gasteiger charge is 2.55. The lowest BCUT2D eigenvalue weighted by Crippen LogP contribution is -2.66. The summed E-state index contributed by atoms with van der Waals surface area (Å²) in [6.07, 6.45) is -1.51. The Bertz CT molecular complexity index is 1230. The summed E-state index contributed by atoms with van der Waals surface area (Å²) in [6, 6.07) is 24.0. The predicted molar refractivity (Wildman–Crippen MR) is 157 cm³/mol. The molecule has 0 aromatic heterocycles. The Morgan fingerprint density at radius 1 is 0.923 bits per heavy atom. The number of likely N-dealkylation sites (tertiary alicyclic amines) is 1. The van der Waals surface area contributed by atoms with Crippen molar-refractivity contribution in [3.63, 3.8) is 0 Å². The summed E-state index contributed by atoms with van der Waals surface area (Å²) >= 11 is 2.25. The Labute approximate surface area is 242 Å². The van der Waals surface area contributed by atoms with Crippen LogP contribution in [0.1, 0.15) is 29.7 Å². The molecular weight excluding hydrogens is 609 g/mol. The largest absolute Gasteiger partial charge is 0.508 e. The summed E-state index contributed by atoms with van der Waals surface area (Å²) in [5.41, 5.74) is 3.58. The summed E-state index contributed by atoms with van der Waals surface area (Å²) in [7, 11) is 3.23. The summed E-state index contributed by atoms with van der Waals surface area (Å²) in [6.45, 7) is 6.10. The molecule has 0 N–H and O–H groups in total. The van der Waals surface area contributed by atoms with E-state index in [4.69, 9.17) is 18.9 Å². The summed E-state index contributed by atoms with van der Waals surface area (Å²) in [4.78, 5) is 28.2. The van der Waals surface area contributed by atoms with E-state index in [1.807, 2.05) is 83.8 Å². The average molecular weight is 642 g/mol. The van der Waals surface area contributed by atoms with E-state index in [-0.39, 0.29) is 24.6 Å². The highest BCUT2D eigenvalue weighted by molar-refractivity contribution is 14.1. The molecule has 0 spiro atoms. The maximum absolute atomic E-state index is 13.8. The summed E-state index contributed by atoms with van der Waals surface area (Å²) in [5.74, 6) is 0.759. The van der Waals surface area contributed by atoms with Gasteiger partial charge < -0.3 is 23.8 Å². The molecule has 3 atom stereocenters. The van der Waals surface area contributed by atoms with Crippen LogP contribution in [0.25, 0.3) is 0 Å². The third kappa shape index (κ3) is 6.38. The molecule has 1 fully saturated rings. The Morgan fingerprint density at radius 2 is 1.46 bits per heavy atom. The van der Waals surface area contributed by atoms with E-state index >= 15 is 0 Å². The Morgan fingerprint density at radius 3 is 1.95 bits per heavy atom. The number of rotatable bonds is 11. The molecular formula is C31H32INO6. The first-order chi connectivity index (χ1) is 18.9. The first-order valence-electron chi connectivity index (χ1n) is 12.6. The molecule has 1 amide bonds. The minimum Gasteiger partial charge on any atom is -0.497 e. The number of nitrogens with zero attached hydrogens (tertiary/aromatic N) is 1. The maximum Gasteiger partial charge on any atom is 0.508 e. The number of ether oxygens (including phenoxy) is 4. The molecule has 0 radical (unpaired) electrons. The first kappa shape index (κ1) is 28.5. The van der Waals surface area contributed by atoms with Crippen LogP contribution < -0.4 is 9.47 Å². The second kappa shape index (κ2) is 13.0. The molecule has 3 aromatic carbocycles. The SMILES string of the molecule is C=C(CI)[C@@H]1[C@@H](C(C)OC(=O)OCc2ccccc2)C(=O)N1C(c1ccc(OC)cc1)c1ccc(OC)cc1. The number of benzene rings is 3. The van der Waals surface area contributed by atoms with Gasteiger partial charge >= 0.3 is 6.16 Å². The minimum atomic E-state index is -0.807. The van der Waals surface area contributed by atoms with Crippen LogP contribution in [0, 0.1) is 5.92 Å². The smallest absolute Gasteiger partial charge is 0.497 e. The van der Waals surface area contributed by atoms with Crippen LogP contribution in [-0.4, -0.2) is 47.8 Å². The summed E-state index contributed by atoms with van der Waals surface area (Å²) < 4.78 is 22.2. The van der Waals surface area contributed by atoms with Gasteiger partial charge in [0, 0.05) is 4.43 Å². The van der Waals surface area contributed by atoms with Gasteiger partial charge in [-0.15, -0.1) is 0 Å². The van der Waals surface area contributed by atoms with Gasteiger partial charge in [0.2, 0.25) is 5.91 Å². The first-order valence-corrected chi connectivity index (χ1v) is 14.1. The van der Waals surface area contributed by atoms with Crippen LogP contribution in [0.4, 0.5) is 4.79 Å². The lowest BCUT2D eigenvalue weighted by molar-refractivity contribution is -0.165. The van der Waals surface area contributed by atoms with Crippen molar-refractivity contribution in [3.8, 4) is 11.5 Å². The monoisotopic (exact) mass is 641 g/mol. The number of hydrogen-bond acceptors (Lipinski definition) is 6. The summed E-state index contributed by atoms with van der Waals surface area (Å²) in [5, 5.41) is 0. The highest BCUT2D eigenvalue weighted by Crippen LogP contribution is 2.45. The van der Waals surface area contributed by atoms with Gasteiger partial charge in [0.25, 0.3) is 0 Å². The van der Waals surface area contributed by atoms with E-state index in [2.05, 4.69) is 29.2 Å². The molecule has 1 aliphatic rings. The highest BCUT2D eigenvalue weighted by atomic mass is 127. The van der Waals surface area contributed by atoms with E-state index in [1.54, 1.807) is 21.1 Å². The average Bonchev–Trinajstić information content (AvgIpc) is 2.97. The Hall–Kier alpha value is -3.53. The van der Waals surface area contributed by atoms with E-state index in [9.17, 15) is 9.59 Å². The zero-order valence-corrected chi connectivity index (χ0v) is 24.4. The van der Waals surface area contributed by atoms with E-state index in [0.29, 0.717) is 4.43 Å². The fraction of sp³-hybridized carbons (Fsp3) is 0.290.